The standard InChI is InChI=1S/C50H36N4/c1-53-44-26-10-8-23-41(44)50(42-24-9-11-27-45(42)53,38-22-16-21-37(33-38)43-25-12-14-31-51-43)39-29-30-40-46(34-39)54(47-28-13-15-32-52-47)49(36-19-6-3-7-20-36)48(40)35-17-4-2-5-18-35/h2-34H,1H3. The summed E-state index contributed by atoms with van der Waals surface area (Å²) in [6.45, 7) is 0. The van der Waals surface area contributed by atoms with Gasteiger partial charge in [0.1, 0.15) is 5.82 Å². The first-order valence-corrected chi connectivity index (χ1v) is 18.4. The van der Waals surface area contributed by atoms with Gasteiger partial charge in [-0.25, -0.2) is 4.98 Å². The lowest BCUT2D eigenvalue weighted by molar-refractivity contribution is 0.728. The zero-order valence-electron chi connectivity index (χ0n) is 29.8. The van der Waals surface area contributed by atoms with E-state index in [1.54, 1.807) is 0 Å². The molecule has 0 unspecified atom stereocenters. The fraction of sp³-hybridized carbons (Fsp3) is 0.0400. The highest BCUT2D eigenvalue weighted by Crippen LogP contribution is 2.56. The third kappa shape index (κ3) is 4.84. The van der Waals surface area contributed by atoms with Crippen LogP contribution in [0.5, 0.6) is 0 Å². The summed E-state index contributed by atoms with van der Waals surface area (Å²) in [5.74, 6) is 0.871. The van der Waals surface area contributed by atoms with Crippen LogP contribution in [0, 0.1) is 0 Å². The Balaban J connectivity index is 1.36. The molecule has 9 aromatic rings. The Hall–Kier alpha value is -7.04. The Morgan fingerprint density at radius 1 is 0.463 bits per heavy atom. The van der Waals surface area contributed by atoms with Gasteiger partial charge in [0.25, 0.3) is 0 Å². The number of fused-ring (bicyclic) bond motifs is 3. The zero-order chi connectivity index (χ0) is 36.1. The molecule has 0 saturated carbocycles. The molecule has 0 radical (unpaired) electrons. The van der Waals surface area contributed by atoms with Gasteiger partial charge in [-0.1, -0.05) is 140 Å². The number of aromatic nitrogens is 3. The Morgan fingerprint density at radius 2 is 1.06 bits per heavy atom. The van der Waals surface area contributed by atoms with E-state index in [4.69, 9.17) is 9.97 Å². The number of para-hydroxylation sites is 2. The number of hydrogen-bond acceptors (Lipinski definition) is 3. The second-order valence-corrected chi connectivity index (χ2v) is 13.9. The van der Waals surface area contributed by atoms with E-state index >= 15 is 0 Å². The van der Waals surface area contributed by atoms with E-state index in [2.05, 4.69) is 192 Å². The molecule has 0 aliphatic carbocycles. The highest BCUT2D eigenvalue weighted by atomic mass is 15.1. The quantitative estimate of drug-likeness (QED) is 0.174. The van der Waals surface area contributed by atoms with Crippen molar-refractivity contribution < 1.29 is 0 Å². The molecule has 0 amide bonds. The van der Waals surface area contributed by atoms with Crippen molar-refractivity contribution in [1.82, 2.24) is 14.5 Å². The van der Waals surface area contributed by atoms with Gasteiger partial charge in [0.05, 0.1) is 22.3 Å². The van der Waals surface area contributed by atoms with Crippen LogP contribution in [0.2, 0.25) is 0 Å². The maximum Gasteiger partial charge on any atom is 0.137 e. The van der Waals surface area contributed by atoms with E-state index < -0.39 is 5.41 Å². The third-order valence-electron chi connectivity index (χ3n) is 11.0. The molecule has 1 aliphatic heterocycles. The molecule has 10 rings (SSSR count). The van der Waals surface area contributed by atoms with Crippen molar-refractivity contribution in [3.05, 3.63) is 223 Å². The van der Waals surface area contributed by atoms with Crippen molar-refractivity contribution in [2.45, 2.75) is 5.41 Å². The van der Waals surface area contributed by atoms with Gasteiger partial charge in [0.15, 0.2) is 0 Å². The van der Waals surface area contributed by atoms with Crippen molar-refractivity contribution in [3.8, 4) is 39.5 Å². The number of anilines is 2. The number of hydrogen-bond donors (Lipinski definition) is 0. The molecule has 4 nitrogen and oxygen atoms in total. The van der Waals surface area contributed by atoms with Crippen LogP contribution in [0.15, 0.2) is 200 Å². The predicted molar refractivity (Wildman–Crippen MR) is 222 cm³/mol. The maximum atomic E-state index is 4.99. The maximum absolute atomic E-state index is 4.99. The molecule has 256 valence electrons. The van der Waals surface area contributed by atoms with Crippen LogP contribution in [0.4, 0.5) is 11.4 Å². The fourth-order valence-electron chi connectivity index (χ4n) is 8.69. The molecule has 4 heterocycles. The lowest BCUT2D eigenvalue weighted by Gasteiger charge is -2.45. The van der Waals surface area contributed by atoms with Crippen LogP contribution in [0.25, 0.3) is 50.4 Å². The van der Waals surface area contributed by atoms with Crippen molar-refractivity contribution in [3.63, 3.8) is 0 Å². The summed E-state index contributed by atoms with van der Waals surface area (Å²) < 4.78 is 2.36. The van der Waals surface area contributed by atoms with E-state index in [0.29, 0.717) is 0 Å². The monoisotopic (exact) mass is 692 g/mol. The Labute approximate surface area is 315 Å². The SMILES string of the molecule is CN1c2ccccc2C(c2cccc(-c3ccccn3)c2)(c2ccc3c(-c4ccccc4)c(-c4ccccc4)n(-c4ccccn4)c3c2)c2ccccc21. The van der Waals surface area contributed by atoms with E-state index in [1.807, 2.05) is 24.5 Å². The third-order valence-corrected chi connectivity index (χ3v) is 11.0. The number of nitrogens with zero attached hydrogens (tertiary/aromatic N) is 4. The van der Waals surface area contributed by atoms with Gasteiger partial charge in [-0.3, -0.25) is 9.55 Å². The number of rotatable bonds is 6. The van der Waals surface area contributed by atoms with Gasteiger partial charge in [0.2, 0.25) is 0 Å². The topological polar surface area (TPSA) is 34.0 Å². The van der Waals surface area contributed by atoms with Crippen molar-refractivity contribution >= 4 is 22.3 Å². The van der Waals surface area contributed by atoms with E-state index in [1.165, 1.54) is 44.6 Å². The smallest absolute Gasteiger partial charge is 0.137 e. The minimum atomic E-state index is -0.669. The van der Waals surface area contributed by atoms with Crippen LogP contribution in [0.3, 0.4) is 0 Å². The van der Waals surface area contributed by atoms with Gasteiger partial charge in [-0.05, 0) is 81.9 Å². The molecule has 0 atom stereocenters. The predicted octanol–water partition coefficient (Wildman–Crippen LogP) is 11.9. The summed E-state index contributed by atoms with van der Waals surface area (Å²) in [5, 5.41) is 1.17. The van der Waals surface area contributed by atoms with Crippen LogP contribution >= 0.6 is 0 Å². The first-order chi connectivity index (χ1) is 26.7. The van der Waals surface area contributed by atoms with Gasteiger partial charge >= 0.3 is 0 Å². The molecule has 0 saturated heterocycles. The molecule has 6 aromatic carbocycles. The largest absolute Gasteiger partial charge is 0.344 e. The summed E-state index contributed by atoms with van der Waals surface area (Å²) >= 11 is 0. The van der Waals surface area contributed by atoms with Crippen LogP contribution < -0.4 is 4.90 Å². The first-order valence-electron chi connectivity index (χ1n) is 18.4. The Morgan fingerprint density at radius 3 is 1.72 bits per heavy atom. The lowest BCUT2D eigenvalue weighted by Crippen LogP contribution is -2.38. The summed E-state index contributed by atoms with van der Waals surface area (Å²) in [4.78, 5) is 12.1. The van der Waals surface area contributed by atoms with E-state index in [9.17, 15) is 0 Å². The highest BCUT2D eigenvalue weighted by Gasteiger charge is 2.46. The van der Waals surface area contributed by atoms with E-state index in [-0.39, 0.29) is 0 Å². The normalized spacial score (nSPS) is 13.0. The van der Waals surface area contributed by atoms with Gasteiger partial charge in [-0.15, -0.1) is 0 Å². The van der Waals surface area contributed by atoms with E-state index in [0.717, 1.165) is 39.4 Å². The van der Waals surface area contributed by atoms with Gasteiger partial charge < -0.3 is 4.90 Å². The van der Waals surface area contributed by atoms with Gasteiger partial charge in [0, 0.05) is 47.3 Å². The van der Waals surface area contributed by atoms with Crippen molar-refractivity contribution in [2.24, 2.45) is 0 Å². The number of benzene rings is 6. The second-order valence-electron chi connectivity index (χ2n) is 13.9. The zero-order valence-corrected chi connectivity index (χ0v) is 29.8. The average molecular weight is 693 g/mol. The molecule has 4 heteroatoms. The Bertz CT molecular complexity index is 2730. The number of pyridine rings is 2. The lowest BCUT2D eigenvalue weighted by atomic mass is 9.62. The molecule has 3 aromatic heterocycles. The molecule has 0 spiro atoms. The molecule has 0 N–H and O–H groups in total. The summed E-state index contributed by atoms with van der Waals surface area (Å²) in [5.41, 5.74) is 14.2. The molecular weight excluding hydrogens is 657 g/mol. The summed E-state index contributed by atoms with van der Waals surface area (Å²) in [7, 11) is 2.18. The first kappa shape index (κ1) is 31.7. The summed E-state index contributed by atoms with van der Waals surface area (Å²) in [6, 6.07) is 67.6. The van der Waals surface area contributed by atoms with Crippen LogP contribution in [0.1, 0.15) is 22.3 Å². The van der Waals surface area contributed by atoms with Crippen molar-refractivity contribution in [1.29, 1.82) is 0 Å². The highest BCUT2D eigenvalue weighted by molar-refractivity contribution is 6.06. The average Bonchev–Trinajstić information content (AvgIpc) is 3.60. The molecule has 0 bridgehead atoms. The molecule has 0 fully saturated rings. The Kier molecular flexibility index (Phi) is 7.55. The van der Waals surface area contributed by atoms with Crippen molar-refractivity contribution in [2.75, 3.05) is 11.9 Å². The molecule has 54 heavy (non-hydrogen) atoms. The molecular formula is C50H36N4. The van der Waals surface area contributed by atoms with Gasteiger partial charge in [-0.2, -0.15) is 0 Å². The minimum Gasteiger partial charge on any atom is -0.344 e. The van der Waals surface area contributed by atoms with Crippen LogP contribution in [-0.4, -0.2) is 21.6 Å². The van der Waals surface area contributed by atoms with Crippen LogP contribution in [-0.2, 0) is 5.41 Å². The minimum absolute atomic E-state index is 0.669. The fourth-order valence-corrected chi connectivity index (χ4v) is 8.69. The molecule has 1 aliphatic rings. The summed E-state index contributed by atoms with van der Waals surface area (Å²) in [6.07, 6.45) is 3.75. The second kappa shape index (κ2) is 12.9.